The van der Waals surface area contributed by atoms with Crippen LogP contribution in [0.25, 0.3) is 11.6 Å². The summed E-state index contributed by atoms with van der Waals surface area (Å²) < 4.78 is 0. The normalized spacial score (nSPS) is 11.0. The number of nitrogens with zero attached hydrogens (tertiary/aromatic N) is 2. The molecule has 2 heterocycles. The molecule has 2 aromatic heterocycles. The molecule has 0 saturated heterocycles. The highest BCUT2D eigenvalue weighted by molar-refractivity contribution is 5.87. The minimum absolute atomic E-state index is 0.554. The van der Waals surface area contributed by atoms with Gasteiger partial charge in [-0.25, -0.2) is 0 Å². The van der Waals surface area contributed by atoms with Crippen molar-refractivity contribution in [1.82, 2.24) is 9.97 Å². The van der Waals surface area contributed by atoms with Crippen molar-refractivity contribution in [3.05, 3.63) is 54.1 Å². The van der Waals surface area contributed by atoms with E-state index in [-0.39, 0.29) is 0 Å². The molecule has 0 amide bonds. The lowest BCUT2D eigenvalue weighted by Crippen LogP contribution is -1.85. The van der Waals surface area contributed by atoms with E-state index in [1.54, 1.807) is 12.3 Å². The zero-order valence-corrected chi connectivity index (χ0v) is 8.01. The molecule has 72 valence electrons. The maximum atomic E-state index is 9.01. The van der Waals surface area contributed by atoms with Gasteiger partial charge in [0.25, 0.3) is 0 Å². The van der Waals surface area contributed by atoms with E-state index >= 15 is 0 Å². The molecule has 0 spiro atoms. The van der Waals surface area contributed by atoms with Gasteiger partial charge in [-0.15, -0.1) is 0 Å². The largest absolute Gasteiger partial charge is 0.362 e. The molecule has 0 unspecified atom stereocenters. The predicted molar refractivity (Wildman–Crippen MR) is 58.5 cm³/mol. The molecule has 2 aromatic rings. The van der Waals surface area contributed by atoms with Crippen LogP contribution in [0.15, 0.2) is 42.7 Å². The summed E-state index contributed by atoms with van der Waals surface area (Å²) in [7, 11) is 0. The van der Waals surface area contributed by atoms with Gasteiger partial charge in [-0.05, 0) is 30.3 Å². The number of pyridine rings is 1. The van der Waals surface area contributed by atoms with Crippen LogP contribution in [-0.4, -0.2) is 9.97 Å². The Balaban J connectivity index is 2.38. The summed E-state index contributed by atoms with van der Waals surface area (Å²) in [4.78, 5) is 7.14. The first kappa shape index (κ1) is 9.22. The lowest BCUT2D eigenvalue weighted by atomic mass is 10.1. The van der Waals surface area contributed by atoms with Crippen molar-refractivity contribution in [3.8, 4) is 6.07 Å². The van der Waals surface area contributed by atoms with E-state index in [9.17, 15) is 0 Å². The summed E-state index contributed by atoms with van der Waals surface area (Å²) in [5.74, 6) is 0. The summed E-state index contributed by atoms with van der Waals surface area (Å²) in [6, 6.07) is 11.4. The van der Waals surface area contributed by atoms with Gasteiger partial charge in [0.2, 0.25) is 0 Å². The van der Waals surface area contributed by atoms with Crippen molar-refractivity contribution in [2.75, 3.05) is 0 Å². The van der Waals surface area contributed by atoms with Crippen molar-refractivity contribution >= 4 is 11.6 Å². The highest BCUT2D eigenvalue weighted by Gasteiger charge is 2.00. The van der Waals surface area contributed by atoms with Gasteiger partial charge in [0.15, 0.2) is 0 Å². The monoisotopic (exact) mass is 195 g/mol. The summed E-state index contributed by atoms with van der Waals surface area (Å²) in [5.41, 5.74) is 2.14. The minimum Gasteiger partial charge on any atom is -0.362 e. The third-order valence-corrected chi connectivity index (χ3v) is 1.98. The number of allylic oxidation sites excluding steroid dienone is 1. The smallest absolute Gasteiger partial charge is 0.101 e. The highest BCUT2D eigenvalue weighted by atomic mass is 14.7. The molecule has 15 heavy (non-hydrogen) atoms. The van der Waals surface area contributed by atoms with Gasteiger partial charge in [-0.1, -0.05) is 6.07 Å². The van der Waals surface area contributed by atoms with Gasteiger partial charge < -0.3 is 4.98 Å². The van der Waals surface area contributed by atoms with Crippen LogP contribution in [0.5, 0.6) is 0 Å². The number of H-pyrrole nitrogens is 1. The Bertz CT molecular complexity index is 489. The zero-order chi connectivity index (χ0) is 10.5. The molecule has 0 bridgehead atoms. The fraction of sp³-hybridized carbons (Fsp3) is 0. The summed E-state index contributed by atoms with van der Waals surface area (Å²) in [6.45, 7) is 0. The molecule has 3 nitrogen and oxygen atoms in total. The van der Waals surface area contributed by atoms with E-state index in [1.807, 2.05) is 36.5 Å². The van der Waals surface area contributed by atoms with Gasteiger partial charge in [0.1, 0.15) is 6.07 Å². The number of nitrogens with one attached hydrogen (secondary N) is 1. The minimum atomic E-state index is 0.554. The Morgan fingerprint density at radius 3 is 2.87 bits per heavy atom. The average Bonchev–Trinajstić information content (AvgIpc) is 2.80. The number of hydrogen-bond donors (Lipinski definition) is 1. The number of hydrogen-bond acceptors (Lipinski definition) is 2. The van der Waals surface area contributed by atoms with E-state index in [2.05, 4.69) is 16.0 Å². The maximum absolute atomic E-state index is 9.01. The lowest BCUT2D eigenvalue weighted by Gasteiger charge is -1.95. The number of aromatic nitrogens is 2. The van der Waals surface area contributed by atoms with Crippen LogP contribution in [0.4, 0.5) is 0 Å². The first-order chi connectivity index (χ1) is 7.40. The molecule has 1 N–H and O–H groups in total. The van der Waals surface area contributed by atoms with Gasteiger partial charge in [0.05, 0.1) is 11.3 Å². The van der Waals surface area contributed by atoms with Gasteiger partial charge in [-0.2, -0.15) is 5.26 Å². The fourth-order valence-corrected chi connectivity index (χ4v) is 1.28. The van der Waals surface area contributed by atoms with Crippen LogP contribution in [0.3, 0.4) is 0 Å². The predicted octanol–water partition coefficient (Wildman–Crippen LogP) is 2.47. The van der Waals surface area contributed by atoms with Crippen molar-refractivity contribution in [3.63, 3.8) is 0 Å². The zero-order valence-electron chi connectivity index (χ0n) is 8.01. The van der Waals surface area contributed by atoms with E-state index in [4.69, 9.17) is 5.26 Å². The van der Waals surface area contributed by atoms with Crippen molar-refractivity contribution in [2.45, 2.75) is 0 Å². The van der Waals surface area contributed by atoms with E-state index in [0.717, 1.165) is 5.69 Å². The third-order valence-electron chi connectivity index (χ3n) is 1.98. The van der Waals surface area contributed by atoms with Crippen LogP contribution in [0.2, 0.25) is 0 Å². The quantitative estimate of drug-likeness (QED) is 0.748. The number of aromatic amines is 1. The third kappa shape index (κ3) is 2.12. The Hall–Kier alpha value is -2.34. The molecular formula is C12H9N3. The van der Waals surface area contributed by atoms with Crippen LogP contribution < -0.4 is 0 Å². The first-order valence-electron chi connectivity index (χ1n) is 4.57. The second-order valence-corrected chi connectivity index (χ2v) is 3.01. The van der Waals surface area contributed by atoms with E-state index in [1.165, 1.54) is 0 Å². The second kappa shape index (κ2) is 4.25. The Morgan fingerprint density at radius 1 is 1.33 bits per heavy atom. The molecule has 0 saturated carbocycles. The van der Waals surface area contributed by atoms with Crippen LogP contribution in [0, 0.1) is 11.3 Å². The van der Waals surface area contributed by atoms with Crippen molar-refractivity contribution in [1.29, 1.82) is 5.26 Å². The molecule has 0 aliphatic carbocycles. The fourth-order valence-electron chi connectivity index (χ4n) is 1.28. The molecular weight excluding hydrogens is 186 g/mol. The Kier molecular flexibility index (Phi) is 2.61. The van der Waals surface area contributed by atoms with Crippen LogP contribution in [-0.2, 0) is 0 Å². The van der Waals surface area contributed by atoms with Crippen molar-refractivity contribution < 1.29 is 0 Å². The van der Waals surface area contributed by atoms with E-state index in [0.29, 0.717) is 11.3 Å². The molecule has 3 heteroatoms. The number of rotatable bonds is 2. The molecule has 2 rings (SSSR count). The topological polar surface area (TPSA) is 52.5 Å². The second-order valence-electron chi connectivity index (χ2n) is 3.01. The van der Waals surface area contributed by atoms with Gasteiger partial charge in [-0.3, -0.25) is 4.98 Å². The molecule has 0 atom stereocenters. The molecule has 0 fully saturated rings. The van der Waals surface area contributed by atoms with Gasteiger partial charge >= 0.3 is 0 Å². The van der Waals surface area contributed by atoms with Crippen LogP contribution >= 0.6 is 0 Å². The standard InChI is InChI=1S/C12H9N3/c13-9-10(8-11-4-3-7-14-11)12-5-1-2-6-15-12/h1-8,14H/b10-8+. The SMILES string of the molecule is N#C/C(=C\c1ccc[nH]1)c1ccccn1. The van der Waals surface area contributed by atoms with Crippen LogP contribution in [0.1, 0.15) is 11.4 Å². The molecule has 0 aliphatic rings. The van der Waals surface area contributed by atoms with Gasteiger partial charge in [0, 0.05) is 18.1 Å². The summed E-state index contributed by atoms with van der Waals surface area (Å²) in [6.07, 6.45) is 5.27. The first-order valence-corrected chi connectivity index (χ1v) is 4.57. The lowest BCUT2D eigenvalue weighted by molar-refractivity contribution is 1.28. The highest BCUT2D eigenvalue weighted by Crippen LogP contribution is 2.13. The molecule has 0 aromatic carbocycles. The van der Waals surface area contributed by atoms with E-state index < -0.39 is 0 Å². The maximum Gasteiger partial charge on any atom is 0.101 e. The summed E-state index contributed by atoms with van der Waals surface area (Å²) in [5, 5.41) is 9.01. The van der Waals surface area contributed by atoms with Crippen molar-refractivity contribution in [2.24, 2.45) is 0 Å². The average molecular weight is 195 g/mol. The Labute approximate surface area is 87.7 Å². The molecule has 0 radical (unpaired) electrons. The molecule has 0 aliphatic heterocycles. The number of nitriles is 1. The summed E-state index contributed by atoms with van der Waals surface area (Å²) >= 11 is 0. The Morgan fingerprint density at radius 2 is 2.27 bits per heavy atom.